The summed E-state index contributed by atoms with van der Waals surface area (Å²) in [7, 11) is 0. The first-order chi connectivity index (χ1) is 17.0. The first-order valence-electron chi connectivity index (χ1n) is 12.3. The zero-order chi connectivity index (χ0) is 24.4. The van der Waals surface area contributed by atoms with Crippen molar-refractivity contribution in [3.05, 3.63) is 86.7 Å². The van der Waals surface area contributed by atoms with Crippen LogP contribution < -0.4 is 5.56 Å². The molecule has 0 aliphatic heterocycles. The van der Waals surface area contributed by atoms with Gasteiger partial charge < -0.3 is 4.98 Å². The highest BCUT2D eigenvalue weighted by Crippen LogP contribution is 2.28. The molecule has 2 aromatic carbocycles. The number of H-pyrrole nitrogens is 1. The number of hydrogen-bond donors (Lipinski definition) is 1. The molecule has 0 unspecified atom stereocenters. The van der Waals surface area contributed by atoms with Gasteiger partial charge in [-0.25, -0.2) is 9.07 Å². The maximum absolute atomic E-state index is 13.5. The van der Waals surface area contributed by atoms with Crippen LogP contribution >= 0.6 is 0 Å². The third-order valence-corrected chi connectivity index (χ3v) is 7.10. The summed E-state index contributed by atoms with van der Waals surface area (Å²) in [6, 6.07) is 12.9. The second kappa shape index (κ2) is 10.1. The Morgan fingerprint density at radius 2 is 1.74 bits per heavy atom. The Kier molecular flexibility index (Phi) is 6.72. The van der Waals surface area contributed by atoms with Gasteiger partial charge in [0.25, 0.3) is 5.56 Å². The number of aromatic nitrogens is 5. The van der Waals surface area contributed by atoms with E-state index in [1.165, 1.54) is 37.0 Å². The summed E-state index contributed by atoms with van der Waals surface area (Å²) in [5.41, 5.74) is 4.72. The van der Waals surface area contributed by atoms with E-state index < -0.39 is 0 Å². The van der Waals surface area contributed by atoms with Gasteiger partial charge in [-0.1, -0.05) is 31.4 Å². The van der Waals surface area contributed by atoms with Gasteiger partial charge in [-0.15, -0.1) is 5.10 Å². The number of benzene rings is 2. The second-order valence-electron chi connectivity index (χ2n) is 9.75. The molecule has 1 N–H and O–H groups in total. The number of pyridine rings is 1. The van der Waals surface area contributed by atoms with E-state index in [2.05, 4.69) is 38.4 Å². The molecular weight excluding hydrogens is 443 g/mol. The van der Waals surface area contributed by atoms with Crippen molar-refractivity contribution in [2.24, 2.45) is 0 Å². The summed E-state index contributed by atoms with van der Waals surface area (Å²) in [4.78, 5) is 18.2. The fourth-order valence-electron chi connectivity index (χ4n) is 5.02. The van der Waals surface area contributed by atoms with E-state index >= 15 is 0 Å². The van der Waals surface area contributed by atoms with Crippen LogP contribution in [0.5, 0.6) is 0 Å². The monoisotopic (exact) mass is 474 g/mol. The molecule has 1 aliphatic carbocycles. The number of hydrogen-bond acceptors (Lipinski definition) is 5. The van der Waals surface area contributed by atoms with Gasteiger partial charge in [-0.3, -0.25) is 9.69 Å². The molecular formula is C27H31FN6O. The lowest BCUT2D eigenvalue weighted by Crippen LogP contribution is -2.29. The molecule has 182 valence electrons. The van der Waals surface area contributed by atoms with E-state index in [9.17, 15) is 9.18 Å². The standard InChI is InChI=1S/C27H31FN6O/c1-18-12-21-14-22(27(35)29-25(21)13-19(18)2)16-33(15-20-8-10-23(28)11-9-20)17-26-30-31-32-34(26)24-6-4-3-5-7-24/h8-14,24H,3-7,15-17H2,1-2H3,(H,29,35). The highest BCUT2D eigenvalue weighted by atomic mass is 19.1. The molecule has 35 heavy (non-hydrogen) atoms. The number of rotatable bonds is 7. The van der Waals surface area contributed by atoms with Gasteiger partial charge in [-0.2, -0.15) is 0 Å². The van der Waals surface area contributed by atoms with E-state index in [1.807, 2.05) is 23.7 Å². The van der Waals surface area contributed by atoms with Gasteiger partial charge in [0, 0.05) is 24.2 Å². The van der Waals surface area contributed by atoms with Crippen LogP contribution in [0.2, 0.25) is 0 Å². The Balaban J connectivity index is 1.46. The summed E-state index contributed by atoms with van der Waals surface area (Å²) in [6.45, 7) is 5.58. The lowest BCUT2D eigenvalue weighted by Gasteiger charge is -2.25. The van der Waals surface area contributed by atoms with Crippen LogP contribution in [0.25, 0.3) is 10.9 Å². The van der Waals surface area contributed by atoms with Crippen LogP contribution in [0.3, 0.4) is 0 Å². The summed E-state index contributed by atoms with van der Waals surface area (Å²) in [6.07, 6.45) is 5.80. The Hall–Kier alpha value is -3.39. The maximum atomic E-state index is 13.5. The number of tetrazole rings is 1. The molecule has 1 saturated carbocycles. The molecule has 0 bridgehead atoms. The second-order valence-corrected chi connectivity index (χ2v) is 9.75. The highest BCUT2D eigenvalue weighted by Gasteiger charge is 2.22. The normalized spacial score (nSPS) is 14.7. The number of aromatic amines is 1. The van der Waals surface area contributed by atoms with Gasteiger partial charge in [-0.05, 0) is 89.5 Å². The predicted molar refractivity (Wildman–Crippen MR) is 133 cm³/mol. The van der Waals surface area contributed by atoms with Gasteiger partial charge in [0.1, 0.15) is 5.82 Å². The minimum Gasteiger partial charge on any atom is -0.322 e. The van der Waals surface area contributed by atoms with Crippen molar-refractivity contribution < 1.29 is 4.39 Å². The molecule has 1 aliphatic rings. The minimum absolute atomic E-state index is 0.100. The van der Waals surface area contributed by atoms with Crippen molar-refractivity contribution in [2.45, 2.75) is 71.6 Å². The van der Waals surface area contributed by atoms with Crippen molar-refractivity contribution in [3.8, 4) is 0 Å². The van der Waals surface area contributed by atoms with Crippen LogP contribution in [-0.4, -0.2) is 30.1 Å². The predicted octanol–water partition coefficient (Wildman–Crippen LogP) is 4.98. The summed E-state index contributed by atoms with van der Waals surface area (Å²) in [5.74, 6) is 0.529. The van der Waals surface area contributed by atoms with Crippen LogP contribution in [0, 0.1) is 19.7 Å². The molecule has 2 heterocycles. The first kappa shape index (κ1) is 23.4. The molecule has 0 spiro atoms. The van der Waals surface area contributed by atoms with Crippen molar-refractivity contribution >= 4 is 10.9 Å². The molecule has 1 fully saturated rings. The van der Waals surface area contributed by atoms with E-state index in [0.29, 0.717) is 31.2 Å². The number of nitrogens with one attached hydrogen (secondary N) is 1. The third-order valence-electron chi connectivity index (χ3n) is 7.10. The van der Waals surface area contributed by atoms with Gasteiger partial charge in [0.15, 0.2) is 5.82 Å². The fraction of sp³-hybridized carbons (Fsp3) is 0.407. The molecule has 4 aromatic rings. The topological polar surface area (TPSA) is 79.7 Å². The summed E-state index contributed by atoms with van der Waals surface area (Å²) >= 11 is 0. The molecule has 0 radical (unpaired) electrons. The highest BCUT2D eigenvalue weighted by molar-refractivity contribution is 5.80. The van der Waals surface area contributed by atoms with Crippen LogP contribution in [0.1, 0.15) is 66.2 Å². The lowest BCUT2D eigenvalue weighted by molar-refractivity contribution is 0.225. The SMILES string of the molecule is Cc1cc2cc(CN(Cc3ccc(F)cc3)Cc3nnnn3C3CCCCC3)c(=O)[nH]c2cc1C. The van der Waals surface area contributed by atoms with Crippen LogP contribution in [0.15, 0.2) is 47.3 Å². The average molecular weight is 475 g/mol. The Labute approximate surface area is 204 Å². The van der Waals surface area contributed by atoms with Crippen molar-refractivity contribution in [1.82, 2.24) is 30.1 Å². The Morgan fingerprint density at radius 3 is 2.51 bits per heavy atom. The van der Waals surface area contributed by atoms with E-state index in [-0.39, 0.29) is 11.4 Å². The minimum atomic E-state index is -0.266. The van der Waals surface area contributed by atoms with Gasteiger partial charge >= 0.3 is 0 Å². The zero-order valence-electron chi connectivity index (χ0n) is 20.3. The first-order valence-corrected chi connectivity index (χ1v) is 12.3. The number of aryl methyl sites for hydroxylation is 2. The summed E-state index contributed by atoms with van der Waals surface area (Å²) < 4.78 is 15.5. The third kappa shape index (κ3) is 5.32. The van der Waals surface area contributed by atoms with Gasteiger partial charge in [0.2, 0.25) is 0 Å². The Bertz CT molecular complexity index is 1370. The Morgan fingerprint density at radius 1 is 1.00 bits per heavy atom. The van der Waals surface area contributed by atoms with Crippen LogP contribution in [0.4, 0.5) is 4.39 Å². The number of nitrogens with zero attached hydrogens (tertiary/aromatic N) is 5. The van der Waals surface area contributed by atoms with E-state index in [4.69, 9.17) is 0 Å². The quantitative estimate of drug-likeness (QED) is 0.409. The van der Waals surface area contributed by atoms with Crippen molar-refractivity contribution in [1.29, 1.82) is 0 Å². The smallest absolute Gasteiger partial charge is 0.252 e. The summed E-state index contributed by atoms with van der Waals surface area (Å²) in [5, 5.41) is 13.6. The maximum Gasteiger partial charge on any atom is 0.252 e. The molecule has 7 nitrogen and oxygen atoms in total. The molecule has 8 heteroatoms. The van der Waals surface area contributed by atoms with E-state index in [1.54, 1.807) is 12.1 Å². The molecule has 0 saturated heterocycles. The molecule has 5 rings (SSSR count). The van der Waals surface area contributed by atoms with Crippen molar-refractivity contribution in [2.75, 3.05) is 0 Å². The number of fused-ring (bicyclic) bond motifs is 1. The largest absolute Gasteiger partial charge is 0.322 e. The molecule has 0 atom stereocenters. The van der Waals surface area contributed by atoms with Crippen molar-refractivity contribution in [3.63, 3.8) is 0 Å². The average Bonchev–Trinajstić information content (AvgIpc) is 3.31. The molecule has 2 aromatic heterocycles. The molecule has 0 amide bonds. The zero-order valence-corrected chi connectivity index (χ0v) is 20.3. The van der Waals surface area contributed by atoms with Crippen LogP contribution in [-0.2, 0) is 19.6 Å². The lowest BCUT2D eigenvalue weighted by atomic mass is 9.95. The number of halogens is 1. The fourth-order valence-corrected chi connectivity index (χ4v) is 5.02. The van der Waals surface area contributed by atoms with E-state index in [0.717, 1.165) is 40.7 Å². The van der Waals surface area contributed by atoms with Gasteiger partial charge in [0.05, 0.1) is 12.6 Å².